The van der Waals surface area contributed by atoms with Crippen LogP contribution in [0.1, 0.15) is 5.56 Å². The quantitative estimate of drug-likeness (QED) is 0.799. The zero-order valence-corrected chi connectivity index (χ0v) is 9.69. The highest BCUT2D eigenvalue weighted by Crippen LogP contribution is 2.30. The van der Waals surface area contributed by atoms with E-state index in [0.717, 1.165) is 6.07 Å². The lowest BCUT2D eigenvalue weighted by Gasteiger charge is -2.10. The first-order valence-electron chi connectivity index (χ1n) is 5.26. The Balaban J connectivity index is 2.80. The predicted octanol–water partition coefficient (Wildman–Crippen LogP) is 0.793. The minimum atomic E-state index is -4.61. The Morgan fingerprint density at radius 2 is 1.95 bits per heavy atom. The Bertz CT molecular complexity index is 804. The van der Waals surface area contributed by atoms with E-state index in [1.807, 2.05) is 4.98 Å². The van der Waals surface area contributed by atoms with Gasteiger partial charge in [-0.25, -0.2) is 0 Å². The van der Waals surface area contributed by atoms with Crippen LogP contribution in [0.4, 0.5) is 13.2 Å². The van der Waals surface area contributed by atoms with Crippen molar-refractivity contribution in [2.45, 2.75) is 12.7 Å². The van der Waals surface area contributed by atoms with Gasteiger partial charge in [-0.15, -0.1) is 0 Å². The lowest BCUT2D eigenvalue weighted by Crippen LogP contribution is -2.37. The summed E-state index contributed by atoms with van der Waals surface area (Å²) in [5, 5.41) is 8.67. The van der Waals surface area contributed by atoms with Crippen molar-refractivity contribution in [3.05, 3.63) is 44.5 Å². The number of aromatic amines is 1. The number of H-pyrrole nitrogens is 1. The van der Waals surface area contributed by atoms with E-state index in [1.54, 1.807) is 0 Å². The third-order valence-electron chi connectivity index (χ3n) is 2.60. The fourth-order valence-corrected chi connectivity index (χ4v) is 1.75. The first-order chi connectivity index (χ1) is 9.20. The summed E-state index contributed by atoms with van der Waals surface area (Å²) in [6.45, 7) is -0.815. The smallest absolute Gasteiger partial charge is 0.416 e. The van der Waals surface area contributed by atoms with E-state index >= 15 is 0 Å². The number of carbonyl (C=O) groups is 1. The molecular formula is C11H7F3N2O4. The fraction of sp³-hybridized carbons (Fsp3) is 0.182. The number of hydrogen-bond donors (Lipinski definition) is 2. The maximum absolute atomic E-state index is 12.6. The van der Waals surface area contributed by atoms with Crippen molar-refractivity contribution in [2.75, 3.05) is 0 Å². The van der Waals surface area contributed by atoms with Gasteiger partial charge in [0.15, 0.2) is 0 Å². The lowest BCUT2D eigenvalue weighted by molar-refractivity contribution is -0.138. The summed E-state index contributed by atoms with van der Waals surface area (Å²) in [7, 11) is 0. The second-order valence-electron chi connectivity index (χ2n) is 3.97. The molecule has 2 rings (SSSR count). The molecule has 0 aliphatic rings. The molecule has 1 aromatic carbocycles. The molecule has 0 spiro atoms. The summed E-state index contributed by atoms with van der Waals surface area (Å²) in [5.74, 6) is -1.39. The van der Waals surface area contributed by atoms with Gasteiger partial charge >= 0.3 is 23.3 Å². The molecule has 20 heavy (non-hydrogen) atoms. The molecule has 9 heteroatoms. The van der Waals surface area contributed by atoms with Crippen molar-refractivity contribution in [2.24, 2.45) is 0 Å². The molecule has 2 aromatic rings. The number of alkyl halides is 3. The van der Waals surface area contributed by atoms with Crippen molar-refractivity contribution in [3.63, 3.8) is 0 Å². The van der Waals surface area contributed by atoms with E-state index in [9.17, 15) is 27.6 Å². The van der Waals surface area contributed by atoms with Gasteiger partial charge in [0.05, 0.1) is 16.6 Å². The number of aromatic nitrogens is 2. The van der Waals surface area contributed by atoms with Crippen LogP contribution in [0.2, 0.25) is 0 Å². The standard InChI is InChI=1S/C11H7F3N2O4/c12-11(13,14)5-1-2-7-6(3-5)15-9(19)10(20)16(7)4-8(17)18/h1-3H,4H2,(H,15,19)(H,17,18). The van der Waals surface area contributed by atoms with Gasteiger partial charge in [-0.05, 0) is 18.2 Å². The predicted molar refractivity (Wildman–Crippen MR) is 61.5 cm³/mol. The van der Waals surface area contributed by atoms with Crippen molar-refractivity contribution in [1.29, 1.82) is 0 Å². The second-order valence-corrected chi connectivity index (χ2v) is 3.97. The fourth-order valence-electron chi connectivity index (χ4n) is 1.75. The van der Waals surface area contributed by atoms with Crippen LogP contribution in [0.15, 0.2) is 27.8 Å². The average molecular weight is 288 g/mol. The summed E-state index contributed by atoms with van der Waals surface area (Å²) >= 11 is 0. The summed E-state index contributed by atoms with van der Waals surface area (Å²) in [5.41, 5.74) is -3.69. The molecule has 106 valence electrons. The molecule has 1 aromatic heterocycles. The highest BCUT2D eigenvalue weighted by atomic mass is 19.4. The lowest BCUT2D eigenvalue weighted by atomic mass is 10.2. The van der Waals surface area contributed by atoms with Crippen LogP contribution in [-0.4, -0.2) is 20.6 Å². The van der Waals surface area contributed by atoms with Crippen LogP contribution in [0, 0.1) is 0 Å². The van der Waals surface area contributed by atoms with Gasteiger partial charge in [-0.1, -0.05) is 0 Å². The first kappa shape index (κ1) is 13.8. The van der Waals surface area contributed by atoms with Crippen molar-refractivity contribution < 1.29 is 23.1 Å². The number of fused-ring (bicyclic) bond motifs is 1. The molecule has 0 aliphatic heterocycles. The minimum absolute atomic E-state index is 0.0926. The molecule has 0 fully saturated rings. The van der Waals surface area contributed by atoms with E-state index in [-0.39, 0.29) is 11.0 Å². The Morgan fingerprint density at radius 1 is 1.30 bits per heavy atom. The highest BCUT2D eigenvalue weighted by Gasteiger charge is 2.30. The summed E-state index contributed by atoms with van der Waals surface area (Å²) in [6.07, 6.45) is -4.61. The van der Waals surface area contributed by atoms with E-state index in [1.165, 1.54) is 0 Å². The zero-order valence-electron chi connectivity index (χ0n) is 9.69. The molecule has 6 nitrogen and oxygen atoms in total. The first-order valence-corrected chi connectivity index (χ1v) is 5.26. The number of benzene rings is 1. The van der Waals surface area contributed by atoms with E-state index < -0.39 is 35.4 Å². The molecule has 0 atom stereocenters. The zero-order chi connectivity index (χ0) is 15.1. The van der Waals surface area contributed by atoms with Crippen molar-refractivity contribution >= 4 is 17.0 Å². The summed E-state index contributed by atoms with van der Waals surface area (Å²) < 4.78 is 38.3. The minimum Gasteiger partial charge on any atom is -0.480 e. The van der Waals surface area contributed by atoms with Gasteiger partial charge in [0.2, 0.25) is 0 Å². The van der Waals surface area contributed by atoms with Gasteiger partial charge < -0.3 is 10.1 Å². The van der Waals surface area contributed by atoms with Crippen LogP contribution in [0.3, 0.4) is 0 Å². The summed E-state index contributed by atoms with van der Waals surface area (Å²) in [4.78, 5) is 35.5. The number of carboxylic acids is 1. The number of rotatable bonds is 2. The van der Waals surface area contributed by atoms with E-state index in [4.69, 9.17) is 5.11 Å². The van der Waals surface area contributed by atoms with Gasteiger partial charge in [0.1, 0.15) is 6.54 Å². The molecular weight excluding hydrogens is 281 g/mol. The summed E-state index contributed by atoms with van der Waals surface area (Å²) in [6, 6.07) is 2.30. The Hall–Kier alpha value is -2.58. The van der Waals surface area contributed by atoms with E-state index in [2.05, 4.69) is 0 Å². The third-order valence-corrected chi connectivity index (χ3v) is 2.60. The molecule has 0 unspecified atom stereocenters. The Morgan fingerprint density at radius 3 is 2.50 bits per heavy atom. The van der Waals surface area contributed by atoms with Crippen LogP contribution in [-0.2, 0) is 17.5 Å². The third kappa shape index (κ3) is 2.42. The Kier molecular flexibility index (Phi) is 3.12. The normalized spacial score (nSPS) is 11.8. The number of carboxylic acid groups (broad SMARTS) is 1. The SMILES string of the molecule is O=C(O)Cn1c(=O)c(=O)[nH]c2cc(C(F)(F)F)ccc21. The molecule has 0 bridgehead atoms. The van der Waals surface area contributed by atoms with Gasteiger partial charge in [0.25, 0.3) is 0 Å². The second kappa shape index (κ2) is 4.51. The molecule has 2 N–H and O–H groups in total. The van der Waals surface area contributed by atoms with Crippen LogP contribution >= 0.6 is 0 Å². The van der Waals surface area contributed by atoms with Crippen molar-refractivity contribution in [1.82, 2.24) is 9.55 Å². The number of aliphatic carboxylic acids is 1. The van der Waals surface area contributed by atoms with E-state index in [0.29, 0.717) is 16.7 Å². The number of nitrogens with zero attached hydrogens (tertiary/aromatic N) is 1. The van der Waals surface area contributed by atoms with Crippen LogP contribution in [0.5, 0.6) is 0 Å². The van der Waals surface area contributed by atoms with Gasteiger partial charge in [-0.3, -0.25) is 19.0 Å². The maximum Gasteiger partial charge on any atom is 0.416 e. The highest BCUT2D eigenvalue weighted by molar-refractivity contribution is 5.77. The molecule has 0 amide bonds. The molecule has 0 saturated heterocycles. The van der Waals surface area contributed by atoms with Gasteiger partial charge in [0, 0.05) is 0 Å². The molecule has 0 saturated carbocycles. The van der Waals surface area contributed by atoms with Crippen LogP contribution in [0.25, 0.3) is 11.0 Å². The Labute approximate surface area is 108 Å². The monoisotopic (exact) mass is 288 g/mol. The van der Waals surface area contributed by atoms with Gasteiger partial charge in [-0.2, -0.15) is 13.2 Å². The number of halogens is 3. The molecule has 0 radical (unpaired) electrons. The molecule has 0 aliphatic carbocycles. The van der Waals surface area contributed by atoms with Crippen LogP contribution < -0.4 is 11.1 Å². The average Bonchev–Trinajstić information content (AvgIpc) is 2.32. The largest absolute Gasteiger partial charge is 0.480 e. The molecule has 1 heterocycles. The number of hydrogen-bond acceptors (Lipinski definition) is 3. The maximum atomic E-state index is 12.6. The number of nitrogens with one attached hydrogen (secondary N) is 1. The van der Waals surface area contributed by atoms with Crippen molar-refractivity contribution in [3.8, 4) is 0 Å². The topological polar surface area (TPSA) is 92.2 Å².